The molecule has 22 heavy (non-hydrogen) atoms. The molecule has 1 rings (SSSR count). The Bertz CT molecular complexity index is 563. The third-order valence-corrected chi connectivity index (χ3v) is 2.39. The molecule has 0 saturated carbocycles. The molecule has 0 aliphatic heterocycles. The van der Waals surface area contributed by atoms with Gasteiger partial charge in [-0.05, 0) is 19.1 Å². The average Bonchev–Trinajstić information content (AvgIpc) is 2.46. The average molecular weight is 317 g/mol. The summed E-state index contributed by atoms with van der Waals surface area (Å²) in [6.45, 7) is -1.92. The summed E-state index contributed by atoms with van der Waals surface area (Å²) < 4.78 is 37.7. The molecule has 0 aromatic heterocycles. The van der Waals surface area contributed by atoms with Crippen molar-refractivity contribution in [1.82, 2.24) is 5.32 Å². The number of esters is 1. The number of rotatable bonds is 5. The van der Waals surface area contributed by atoms with Gasteiger partial charge in [-0.25, -0.2) is 9.59 Å². The summed E-state index contributed by atoms with van der Waals surface area (Å²) in [5.74, 6) is -2.36. The summed E-state index contributed by atoms with van der Waals surface area (Å²) in [5, 5.41) is 1.80. The van der Waals surface area contributed by atoms with E-state index >= 15 is 0 Å². The van der Waals surface area contributed by atoms with Gasteiger partial charge in [-0.1, -0.05) is 12.1 Å². The summed E-state index contributed by atoms with van der Waals surface area (Å²) in [6.07, 6.45) is -2.36. The second-order valence-corrected chi connectivity index (χ2v) is 3.90. The summed E-state index contributed by atoms with van der Waals surface area (Å²) in [6, 6.07) is 5.16. The molecule has 0 unspecified atom stereocenters. The van der Waals surface area contributed by atoms with Crippen LogP contribution >= 0.6 is 0 Å². The standard InChI is InChI=1S/C13H13F2NO6/c1-7(10(17)16-13(19)20-2)21-11(18)8-5-3-4-6-9(8)22-12(14)15/h3-7,12H,1-2H3,(H,16,17,19)/t7-/m1/s1. The lowest BCUT2D eigenvalue weighted by Crippen LogP contribution is -2.39. The van der Waals surface area contributed by atoms with E-state index in [1.807, 2.05) is 0 Å². The Morgan fingerprint density at radius 3 is 2.41 bits per heavy atom. The Morgan fingerprint density at radius 2 is 1.82 bits per heavy atom. The maximum absolute atomic E-state index is 12.2. The zero-order valence-corrected chi connectivity index (χ0v) is 11.7. The second-order valence-electron chi connectivity index (χ2n) is 3.90. The largest absolute Gasteiger partial charge is 0.453 e. The molecule has 0 fully saturated rings. The molecule has 0 bridgehead atoms. The number of halogens is 2. The van der Waals surface area contributed by atoms with Crippen molar-refractivity contribution < 1.29 is 37.4 Å². The molecule has 0 aliphatic carbocycles. The zero-order chi connectivity index (χ0) is 16.7. The predicted octanol–water partition coefficient (Wildman–Crippen LogP) is 1.72. The van der Waals surface area contributed by atoms with E-state index in [0.717, 1.165) is 13.2 Å². The van der Waals surface area contributed by atoms with Gasteiger partial charge in [-0.3, -0.25) is 10.1 Å². The first-order chi connectivity index (χ1) is 10.3. The lowest BCUT2D eigenvalue weighted by atomic mass is 10.2. The van der Waals surface area contributed by atoms with Crippen LogP contribution < -0.4 is 10.1 Å². The Labute approximate surface area is 124 Å². The Morgan fingerprint density at radius 1 is 1.18 bits per heavy atom. The lowest BCUT2D eigenvalue weighted by molar-refractivity contribution is -0.128. The minimum absolute atomic E-state index is 0.277. The van der Waals surface area contributed by atoms with E-state index in [0.29, 0.717) is 0 Å². The highest BCUT2D eigenvalue weighted by Gasteiger charge is 2.23. The molecular formula is C13H13F2NO6. The van der Waals surface area contributed by atoms with Crippen molar-refractivity contribution in [2.75, 3.05) is 7.11 Å². The van der Waals surface area contributed by atoms with Gasteiger partial charge in [0.25, 0.3) is 5.91 Å². The number of hydrogen-bond donors (Lipinski definition) is 1. The molecular weight excluding hydrogens is 304 g/mol. The second kappa shape index (κ2) is 7.91. The summed E-state index contributed by atoms with van der Waals surface area (Å²) in [7, 11) is 1.05. The fourth-order valence-electron chi connectivity index (χ4n) is 1.36. The topological polar surface area (TPSA) is 90.9 Å². The molecule has 0 radical (unpaired) electrons. The van der Waals surface area contributed by atoms with Gasteiger partial charge >= 0.3 is 18.7 Å². The number of nitrogens with one attached hydrogen (secondary N) is 1. The molecule has 1 atom stereocenters. The smallest absolute Gasteiger partial charge is 0.413 e. The highest BCUT2D eigenvalue weighted by Crippen LogP contribution is 2.21. The summed E-state index contributed by atoms with van der Waals surface area (Å²) >= 11 is 0. The minimum Gasteiger partial charge on any atom is -0.453 e. The van der Waals surface area contributed by atoms with Crippen LogP contribution in [0.1, 0.15) is 17.3 Å². The maximum atomic E-state index is 12.2. The van der Waals surface area contributed by atoms with E-state index in [4.69, 9.17) is 4.74 Å². The van der Waals surface area contributed by atoms with E-state index in [1.54, 1.807) is 5.32 Å². The van der Waals surface area contributed by atoms with Crippen molar-refractivity contribution in [3.8, 4) is 5.75 Å². The number of ether oxygens (including phenoxy) is 3. The molecule has 1 aromatic carbocycles. The Hall–Kier alpha value is -2.71. The number of methoxy groups -OCH3 is 1. The number of imide groups is 1. The molecule has 0 saturated heterocycles. The number of carbonyl (C=O) groups is 3. The Kier molecular flexibility index (Phi) is 6.24. The number of amides is 2. The molecule has 2 amide bonds. The first-order valence-corrected chi connectivity index (χ1v) is 5.98. The molecule has 0 heterocycles. The van der Waals surface area contributed by atoms with Crippen LogP contribution in [0.3, 0.4) is 0 Å². The normalized spacial score (nSPS) is 11.5. The molecule has 1 aromatic rings. The molecule has 7 nitrogen and oxygen atoms in total. The van der Waals surface area contributed by atoms with Gasteiger partial charge in [0.15, 0.2) is 6.10 Å². The fraction of sp³-hybridized carbons (Fsp3) is 0.308. The van der Waals surface area contributed by atoms with Crippen molar-refractivity contribution >= 4 is 18.0 Å². The molecule has 1 N–H and O–H groups in total. The van der Waals surface area contributed by atoms with E-state index in [2.05, 4.69) is 9.47 Å². The monoisotopic (exact) mass is 317 g/mol. The quantitative estimate of drug-likeness (QED) is 0.832. The van der Waals surface area contributed by atoms with Crippen LogP contribution in [-0.2, 0) is 14.3 Å². The number of alkyl halides is 2. The summed E-state index contributed by atoms with van der Waals surface area (Å²) in [5.41, 5.74) is -0.277. The third kappa shape index (κ3) is 5.00. The number of benzene rings is 1. The summed E-state index contributed by atoms with van der Waals surface area (Å²) in [4.78, 5) is 34.2. The predicted molar refractivity (Wildman–Crippen MR) is 68.5 cm³/mol. The van der Waals surface area contributed by atoms with Crippen LogP contribution in [0.4, 0.5) is 13.6 Å². The van der Waals surface area contributed by atoms with Crippen LogP contribution in [0, 0.1) is 0 Å². The number of para-hydroxylation sites is 1. The lowest BCUT2D eigenvalue weighted by Gasteiger charge is -2.14. The van der Waals surface area contributed by atoms with Gasteiger partial charge in [0.1, 0.15) is 11.3 Å². The van der Waals surface area contributed by atoms with E-state index in [-0.39, 0.29) is 11.3 Å². The van der Waals surface area contributed by atoms with Crippen LogP contribution in [0.25, 0.3) is 0 Å². The Balaban J connectivity index is 2.76. The van der Waals surface area contributed by atoms with Crippen molar-refractivity contribution in [2.24, 2.45) is 0 Å². The molecule has 0 aliphatic rings. The highest BCUT2D eigenvalue weighted by molar-refractivity contribution is 5.97. The fourth-order valence-corrected chi connectivity index (χ4v) is 1.36. The zero-order valence-electron chi connectivity index (χ0n) is 11.7. The van der Waals surface area contributed by atoms with Crippen LogP contribution in [0.15, 0.2) is 24.3 Å². The third-order valence-electron chi connectivity index (χ3n) is 2.39. The SMILES string of the molecule is COC(=O)NC(=O)[C@@H](C)OC(=O)c1ccccc1OC(F)F. The minimum atomic E-state index is -3.12. The van der Waals surface area contributed by atoms with Crippen molar-refractivity contribution in [3.05, 3.63) is 29.8 Å². The molecule has 0 spiro atoms. The first kappa shape index (κ1) is 17.3. The van der Waals surface area contributed by atoms with E-state index in [9.17, 15) is 23.2 Å². The van der Waals surface area contributed by atoms with Gasteiger partial charge in [0, 0.05) is 0 Å². The van der Waals surface area contributed by atoms with Crippen LogP contribution in [0.5, 0.6) is 5.75 Å². The van der Waals surface area contributed by atoms with Gasteiger partial charge in [0.05, 0.1) is 7.11 Å². The molecule has 120 valence electrons. The van der Waals surface area contributed by atoms with Gasteiger partial charge < -0.3 is 14.2 Å². The number of alkyl carbamates (subject to hydrolysis) is 1. The van der Waals surface area contributed by atoms with Crippen LogP contribution in [-0.4, -0.2) is 37.8 Å². The number of carbonyl (C=O) groups excluding carboxylic acids is 3. The van der Waals surface area contributed by atoms with Crippen molar-refractivity contribution in [1.29, 1.82) is 0 Å². The first-order valence-electron chi connectivity index (χ1n) is 5.98. The van der Waals surface area contributed by atoms with E-state index < -0.39 is 30.7 Å². The van der Waals surface area contributed by atoms with Gasteiger partial charge in [-0.15, -0.1) is 0 Å². The van der Waals surface area contributed by atoms with Crippen LogP contribution in [0.2, 0.25) is 0 Å². The van der Waals surface area contributed by atoms with Crippen molar-refractivity contribution in [2.45, 2.75) is 19.6 Å². The molecule has 9 heteroatoms. The van der Waals surface area contributed by atoms with Gasteiger partial charge in [-0.2, -0.15) is 8.78 Å². The maximum Gasteiger partial charge on any atom is 0.413 e. The van der Waals surface area contributed by atoms with Gasteiger partial charge in [0.2, 0.25) is 0 Å². The number of hydrogen-bond acceptors (Lipinski definition) is 6. The van der Waals surface area contributed by atoms with Crippen molar-refractivity contribution in [3.63, 3.8) is 0 Å². The highest BCUT2D eigenvalue weighted by atomic mass is 19.3. The van der Waals surface area contributed by atoms with E-state index in [1.165, 1.54) is 25.1 Å².